The summed E-state index contributed by atoms with van der Waals surface area (Å²) in [4.78, 5) is 0. The Bertz CT molecular complexity index is 237. The Morgan fingerprint density at radius 3 is 2.14 bits per heavy atom. The van der Waals surface area contributed by atoms with Gasteiger partial charge in [-0.1, -0.05) is 20.8 Å². The maximum atomic E-state index is 11.4. The van der Waals surface area contributed by atoms with Crippen molar-refractivity contribution in [1.29, 1.82) is 0 Å². The molecule has 0 aromatic carbocycles. The lowest BCUT2D eigenvalue weighted by atomic mass is 10.2. The van der Waals surface area contributed by atoms with Gasteiger partial charge in [0.05, 0.1) is 5.75 Å². The van der Waals surface area contributed by atoms with Crippen LogP contribution in [0.5, 0.6) is 0 Å². The molecular weight excluding hydrogens is 200 g/mol. The molecule has 0 aromatic rings. The van der Waals surface area contributed by atoms with E-state index in [0.717, 1.165) is 6.54 Å². The highest BCUT2D eigenvalue weighted by atomic mass is 32.2. The van der Waals surface area contributed by atoms with Crippen molar-refractivity contribution in [2.24, 2.45) is 11.8 Å². The molecule has 0 radical (unpaired) electrons. The zero-order chi connectivity index (χ0) is 11.2. The van der Waals surface area contributed by atoms with E-state index in [9.17, 15) is 8.42 Å². The van der Waals surface area contributed by atoms with Crippen molar-refractivity contribution in [2.75, 3.05) is 25.9 Å². The molecule has 0 aromatic heterocycles. The van der Waals surface area contributed by atoms with Gasteiger partial charge in [0.15, 0.2) is 0 Å². The van der Waals surface area contributed by atoms with Crippen LogP contribution in [-0.2, 0) is 10.0 Å². The van der Waals surface area contributed by atoms with Gasteiger partial charge in [-0.15, -0.1) is 0 Å². The first-order valence-electron chi connectivity index (χ1n) is 4.99. The second-order valence-corrected chi connectivity index (χ2v) is 6.04. The van der Waals surface area contributed by atoms with Gasteiger partial charge in [0, 0.05) is 6.54 Å². The Kier molecular flexibility index (Phi) is 6.31. The summed E-state index contributed by atoms with van der Waals surface area (Å²) in [6.07, 6.45) is 0. The summed E-state index contributed by atoms with van der Waals surface area (Å²) < 4.78 is 25.4. The van der Waals surface area contributed by atoms with Gasteiger partial charge in [-0.25, -0.2) is 13.1 Å². The first-order valence-corrected chi connectivity index (χ1v) is 6.64. The van der Waals surface area contributed by atoms with Gasteiger partial charge in [-0.3, -0.25) is 0 Å². The Morgan fingerprint density at radius 2 is 1.71 bits per heavy atom. The molecule has 1 atom stereocenters. The van der Waals surface area contributed by atoms with E-state index >= 15 is 0 Å². The van der Waals surface area contributed by atoms with E-state index in [-0.39, 0.29) is 11.7 Å². The average Bonchev–Trinajstić information content (AvgIpc) is 1.99. The van der Waals surface area contributed by atoms with E-state index in [1.54, 1.807) is 0 Å². The minimum absolute atomic E-state index is 0.173. The number of nitrogens with one attached hydrogen (secondary N) is 2. The standard InChI is InChI=1S/C9H22N2O2S/c1-8(2)7-14(12,13)11-6-9(3)5-10-4/h8-11H,5-7H2,1-4H3. The number of hydrogen-bond donors (Lipinski definition) is 2. The topological polar surface area (TPSA) is 58.2 Å². The minimum Gasteiger partial charge on any atom is -0.319 e. The van der Waals surface area contributed by atoms with Crippen LogP contribution in [0, 0.1) is 11.8 Å². The molecule has 0 saturated heterocycles. The second kappa shape index (κ2) is 6.37. The van der Waals surface area contributed by atoms with E-state index in [4.69, 9.17) is 0 Å². The number of sulfonamides is 1. The number of rotatable bonds is 7. The molecule has 86 valence electrons. The van der Waals surface area contributed by atoms with E-state index in [2.05, 4.69) is 10.0 Å². The Morgan fingerprint density at radius 1 is 1.14 bits per heavy atom. The molecule has 0 amide bonds. The molecule has 0 aliphatic rings. The van der Waals surface area contributed by atoms with Crippen LogP contribution >= 0.6 is 0 Å². The van der Waals surface area contributed by atoms with Crippen LogP contribution in [0.1, 0.15) is 20.8 Å². The van der Waals surface area contributed by atoms with Crippen molar-refractivity contribution in [3.8, 4) is 0 Å². The fourth-order valence-corrected chi connectivity index (χ4v) is 2.72. The van der Waals surface area contributed by atoms with Gasteiger partial charge in [0.2, 0.25) is 10.0 Å². The summed E-state index contributed by atoms with van der Waals surface area (Å²) in [7, 11) is -1.21. The largest absolute Gasteiger partial charge is 0.319 e. The molecule has 14 heavy (non-hydrogen) atoms. The highest BCUT2D eigenvalue weighted by Crippen LogP contribution is 1.98. The first-order chi connectivity index (χ1) is 6.37. The summed E-state index contributed by atoms with van der Waals surface area (Å²) in [5.41, 5.74) is 0. The molecule has 0 saturated carbocycles. The zero-order valence-electron chi connectivity index (χ0n) is 9.50. The van der Waals surface area contributed by atoms with Gasteiger partial charge >= 0.3 is 0 Å². The summed E-state index contributed by atoms with van der Waals surface area (Å²) in [5.74, 6) is 0.702. The third-order valence-corrected chi connectivity index (χ3v) is 3.47. The van der Waals surface area contributed by atoms with E-state index in [0.29, 0.717) is 12.5 Å². The first kappa shape index (κ1) is 13.9. The Hall–Kier alpha value is -0.130. The molecule has 0 spiro atoms. The molecule has 1 unspecified atom stereocenters. The molecule has 0 rings (SSSR count). The van der Waals surface area contributed by atoms with Crippen LogP contribution in [-0.4, -0.2) is 34.3 Å². The van der Waals surface area contributed by atoms with Crippen molar-refractivity contribution in [1.82, 2.24) is 10.0 Å². The van der Waals surface area contributed by atoms with Crippen LogP contribution < -0.4 is 10.0 Å². The quantitative estimate of drug-likeness (QED) is 0.656. The monoisotopic (exact) mass is 222 g/mol. The lowest BCUT2D eigenvalue weighted by Gasteiger charge is -2.13. The average molecular weight is 222 g/mol. The van der Waals surface area contributed by atoms with Gasteiger partial charge in [-0.05, 0) is 25.4 Å². The summed E-state index contributed by atoms with van der Waals surface area (Å²) >= 11 is 0. The minimum atomic E-state index is -3.07. The molecule has 0 heterocycles. The van der Waals surface area contributed by atoms with Crippen molar-refractivity contribution < 1.29 is 8.42 Å². The SMILES string of the molecule is CNCC(C)CNS(=O)(=O)CC(C)C. The molecule has 0 aliphatic heterocycles. The third kappa shape index (κ3) is 7.29. The second-order valence-electron chi connectivity index (χ2n) is 4.19. The summed E-state index contributed by atoms with van der Waals surface area (Å²) in [6, 6.07) is 0. The van der Waals surface area contributed by atoms with Crippen LogP contribution in [0.15, 0.2) is 0 Å². The Balaban J connectivity index is 3.87. The molecule has 2 N–H and O–H groups in total. The van der Waals surface area contributed by atoms with Gasteiger partial charge in [0.25, 0.3) is 0 Å². The summed E-state index contributed by atoms with van der Waals surface area (Å²) in [5, 5.41) is 3.01. The fraction of sp³-hybridized carbons (Fsp3) is 1.00. The number of hydrogen-bond acceptors (Lipinski definition) is 3. The molecular formula is C9H22N2O2S. The van der Waals surface area contributed by atoms with Crippen molar-refractivity contribution in [3.63, 3.8) is 0 Å². The molecule has 0 aliphatic carbocycles. The lowest BCUT2D eigenvalue weighted by molar-refractivity contribution is 0.515. The Labute approximate surface area is 87.5 Å². The summed E-state index contributed by atoms with van der Waals surface area (Å²) in [6.45, 7) is 7.14. The zero-order valence-corrected chi connectivity index (χ0v) is 10.3. The van der Waals surface area contributed by atoms with Gasteiger partial charge in [-0.2, -0.15) is 0 Å². The smallest absolute Gasteiger partial charge is 0.211 e. The van der Waals surface area contributed by atoms with Crippen LogP contribution in [0.2, 0.25) is 0 Å². The van der Waals surface area contributed by atoms with Crippen molar-refractivity contribution >= 4 is 10.0 Å². The van der Waals surface area contributed by atoms with Crippen LogP contribution in [0.3, 0.4) is 0 Å². The third-order valence-electron chi connectivity index (χ3n) is 1.76. The van der Waals surface area contributed by atoms with Crippen molar-refractivity contribution in [2.45, 2.75) is 20.8 Å². The van der Waals surface area contributed by atoms with Gasteiger partial charge in [0.1, 0.15) is 0 Å². The molecule has 0 fully saturated rings. The predicted octanol–water partition coefficient (Wildman–Crippen LogP) is 0.417. The molecule has 4 nitrogen and oxygen atoms in total. The molecule has 0 bridgehead atoms. The van der Waals surface area contributed by atoms with Crippen LogP contribution in [0.4, 0.5) is 0 Å². The van der Waals surface area contributed by atoms with E-state index in [1.807, 2.05) is 27.8 Å². The highest BCUT2D eigenvalue weighted by molar-refractivity contribution is 7.89. The van der Waals surface area contributed by atoms with E-state index < -0.39 is 10.0 Å². The van der Waals surface area contributed by atoms with E-state index in [1.165, 1.54) is 0 Å². The fourth-order valence-electron chi connectivity index (χ4n) is 1.19. The van der Waals surface area contributed by atoms with Crippen molar-refractivity contribution in [3.05, 3.63) is 0 Å². The lowest BCUT2D eigenvalue weighted by Crippen LogP contribution is -2.34. The molecule has 5 heteroatoms. The predicted molar refractivity (Wildman–Crippen MR) is 59.7 cm³/mol. The van der Waals surface area contributed by atoms with Crippen LogP contribution in [0.25, 0.3) is 0 Å². The maximum Gasteiger partial charge on any atom is 0.211 e. The van der Waals surface area contributed by atoms with Gasteiger partial charge < -0.3 is 5.32 Å². The highest BCUT2D eigenvalue weighted by Gasteiger charge is 2.13. The maximum absolute atomic E-state index is 11.4. The normalized spacial score (nSPS) is 14.6.